The standard InChI is InChI=1S/C14H21F3N2/c1-3-5-6-9(4-2)14(19-18)10-7-8-11(15)13(17)12(10)16/h7-9,14,19H,3-6,18H2,1-2H3. The van der Waals surface area contributed by atoms with Gasteiger partial charge in [-0.2, -0.15) is 0 Å². The summed E-state index contributed by atoms with van der Waals surface area (Å²) in [4.78, 5) is 0. The maximum absolute atomic E-state index is 13.8. The zero-order valence-corrected chi connectivity index (χ0v) is 11.3. The van der Waals surface area contributed by atoms with Crippen molar-refractivity contribution < 1.29 is 13.2 Å². The first-order valence-corrected chi connectivity index (χ1v) is 6.66. The second-order valence-corrected chi connectivity index (χ2v) is 4.72. The number of unbranched alkanes of at least 4 members (excludes halogenated alkanes) is 1. The van der Waals surface area contributed by atoms with E-state index in [0.717, 1.165) is 31.7 Å². The Balaban J connectivity index is 3.04. The van der Waals surface area contributed by atoms with Gasteiger partial charge in [0.1, 0.15) is 0 Å². The lowest BCUT2D eigenvalue weighted by molar-refractivity contribution is 0.313. The molecule has 0 bridgehead atoms. The normalized spacial score (nSPS) is 14.4. The summed E-state index contributed by atoms with van der Waals surface area (Å²) in [5, 5.41) is 0. The highest BCUT2D eigenvalue weighted by atomic mass is 19.2. The molecule has 5 heteroatoms. The average molecular weight is 274 g/mol. The summed E-state index contributed by atoms with van der Waals surface area (Å²) >= 11 is 0. The fourth-order valence-electron chi connectivity index (χ4n) is 2.33. The van der Waals surface area contributed by atoms with Crippen LogP contribution in [0.15, 0.2) is 12.1 Å². The Morgan fingerprint density at radius 1 is 1.16 bits per heavy atom. The van der Waals surface area contributed by atoms with Crippen molar-refractivity contribution in [1.29, 1.82) is 0 Å². The second kappa shape index (κ2) is 7.50. The van der Waals surface area contributed by atoms with Crippen LogP contribution in [0.25, 0.3) is 0 Å². The molecule has 0 aliphatic rings. The first-order valence-electron chi connectivity index (χ1n) is 6.66. The molecule has 0 radical (unpaired) electrons. The molecule has 19 heavy (non-hydrogen) atoms. The lowest BCUT2D eigenvalue weighted by atomic mass is 9.87. The van der Waals surface area contributed by atoms with E-state index < -0.39 is 23.5 Å². The predicted molar refractivity (Wildman–Crippen MR) is 69.7 cm³/mol. The topological polar surface area (TPSA) is 38.0 Å². The fraction of sp³-hybridized carbons (Fsp3) is 0.571. The average Bonchev–Trinajstić information content (AvgIpc) is 2.42. The maximum atomic E-state index is 13.8. The Hall–Kier alpha value is -1.07. The van der Waals surface area contributed by atoms with Gasteiger partial charge >= 0.3 is 0 Å². The van der Waals surface area contributed by atoms with E-state index in [0.29, 0.717) is 0 Å². The summed E-state index contributed by atoms with van der Waals surface area (Å²) in [6, 6.07) is 1.68. The van der Waals surface area contributed by atoms with E-state index in [2.05, 4.69) is 12.3 Å². The molecule has 1 aromatic rings. The van der Waals surface area contributed by atoms with Crippen LogP contribution in [-0.4, -0.2) is 0 Å². The van der Waals surface area contributed by atoms with Gasteiger partial charge in [-0.25, -0.2) is 13.2 Å². The summed E-state index contributed by atoms with van der Waals surface area (Å²) < 4.78 is 40.0. The number of hydrogen-bond donors (Lipinski definition) is 2. The molecule has 108 valence electrons. The molecule has 0 amide bonds. The van der Waals surface area contributed by atoms with E-state index in [1.807, 2.05) is 6.92 Å². The van der Waals surface area contributed by atoms with Crippen LogP contribution in [0, 0.1) is 23.4 Å². The lowest BCUT2D eigenvalue weighted by Crippen LogP contribution is -2.34. The Labute approximate surface area is 112 Å². The smallest absolute Gasteiger partial charge is 0.194 e. The van der Waals surface area contributed by atoms with Crippen molar-refractivity contribution in [3.05, 3.63) is 35.1 Å². The second-order valence-electron chi connectivity index (χ2n) is 4.72. The van der Waals surface area contributed by atoms with Crippen LogP contribution < -0.4 is 11.3 Å². The molecule has 0 heterocycles. The van der Waals surface area contributed by atoms with Crippen LogP contribution in [0.4, 0.5) is 13.2 Å². The Morgan fingerprint density at radius 2 is 1.84 bits per heavy atom. The summed E-state index contributed by atoms with van der Waals surface area (Å²) in [5.74, 6) is 1.79. The molecule has 2 nitrogen and oxygen atoms in total. The van der Waals surface area contributed by atoms with E-state index in [1.54, 1.807) is 0 Å². The van der Waals surface area contributed by atoms with Gasteiger partial charge in [0, 0.05) is 5.56 Å². The first-order chi connectivity index (χ1) is 9.06. The molecular weight excluding hydrogens is 253 g/mol. The van der Waals surface area contributed by atoms with Gasteiger partial charge in [-0.1, -0.05) is 39.2 Å². The number of benzene rings is 1. The van der Waals surface area contributed by atoms with Gasteiger partial charge in [0.25, 0.3) is 0 Å². The number of rotatable bonds is 7. The predicted octanol–water partition coefficient (Wildman–Crippen LogP) is 3.82. The van der Waals surface area contributed by atoms with Crippen molar-refractivity contribution in [1.82, 2.24) is 5.43 Å². The van der Waals surface area contributed by atoms with E-state index in [4.69, 9.17) is 5.84 Å². The third kappa shape index (κ3) is 3.70. The molecule has 0 fully saturated rings. The highest BCUT2D eigenvalue weighted by Gasteiger charge is 2.25. The van der Waals surface area contributed by atoms with E-state index in [9.17, 15) is 13.2 Å². The number of nitrogens with one attached hydrogen (secondary N) is 1. The highest BCUT2D eigenvalue weighted by Crippen LogP contribution is 2.31. The number of nitrogens with two attached hydrogens (primary N) is 1. The zero-order chi connectivity index (χ0) is 14.4. The molecule has 2 unspecified atom stereocenters. The monoisotopic (exact) mass is 274 g/mol. The SMILES string of the molecule is CCCCC(CC)C(NN)c1ccc(F)c(F)c1F. The number of hydrazine groups is 1. The van der Waals surface area contributed by atoms with E-state index >= 15 is 0 Å². The Kier molecular flexibility index (Phi) is 6.31. The first kappa shape index (κ1) is 16.0. The van der Waals surface area contributed by atoms with Gasteiger partial charge in [-0.3, -0.25) is 11.3 Å². The Bertz CT molecular complexity index is 410. The minimum absolute atomic E-state index is 0.0873. The lowest BCUT2D eigenvalue weighted by Gasteiger charge is -2.26. The molecule has 2 atom stereocenters. The minimum atomic E-state index is -1.44. The van der Waals surface area contributed by atoms with Gasteiger partial charge in [0.05, 0.1) is 6.04 Å². The highest BCUT2D eigenvalue weighted by molar-refractivity contribution is 5.24. The van der Waals surface area contributed by atoms with Crippen molar-refractivity contribution in [2.45, 2.75) is 45.6 Å². The van der Waals surface area contributed by atoms with E-state index in [-0.39, 0.29) is 11.5 Å². The third-order valence-corrected chi connectivity index (χ3v) is 3.50. The zero-order valence-electron chi connectivity index (χ0n) is 11.3. The molecule has 0 aliphatic carbocycles. The van der Waals surface area contributed by atoms with Gasteiger partial charge in [0.15, 0.2) is 17.5 Å². The van der Waals surface area contributed by atoms with Crippen LogP contribution >= 0.6 is 0 Å². The molecule has 0 spiro atoms. The number of halogens is 3. The van der Waals surface area contributed by atoms with Crippen LogP contribution in [0.3, 0.4) is 0 Å². The van der Waals surface area contributed by atoms with Crippen molar-refractivity contribution in [3.8, 4) is 0 Å². The van der Waals surface area contributed by atoms with Crippen molar-refractivity contribution >= 4 is 0 Å². The van der Waals surface area contributed by atoms with Crippen molar-refractivity contribution in [2.24, 2.45) is 11.8 Å². The Morgan fingerprint density at radius 3 is 2.37 bits per heavy atom. The molecule has 1 aromatic carbocycles. The summed E-state index contributed by atoms with van der Waals surface area (Å²) in [5.41, 5.74) is 2.62. The summed E-state index contributed by atoms with van der Waals surface area (Å²) in [7, 11) is 0. The van der Waals surface area contributed by atoms with Crippen LogP contribution in [0.1, 0.15) is 51.1 Å². The molecule has 0 aliphatic heterocycles. The molecule has 0 saturated carbocycles. The summed E-state index contributed by atoms with van der Waals surface area (Å²) in [6.07, 6.45) is 3.66. The van der Waals surface area contributed by atoms with Gasteiger partial charge < -0.3 is 0 Å². The van der Waals surface area contributed by atoms with Crippen molar-refractivity contribution in [3.63, 3.8) is 0 Å². The van der Waals surface area contributed by atoms with Gasteiger partial charge in [-0.05, 0) is 18.4 Å². The largest absolute Gasteiger partial charge is 0.271 e. The molecular formula is C14H21F3N2. The fourth-order valence-corrected chi connectivity index (χ4v) is 2.33. The molecule has 0 saturated heterocycles. The third-order valence-electron chi connectivity index (χ3n) is 3.50. The maximum Gasteiger partial charge on any atom is 0.194 e. The molecule has 1 rings (SSSR count). The summed E-state index contributed by atoms with van der Waals surface area (Å²) in [6.45, 7) is 4.04. The molecule has 3 N–H and O–H groups in total. The minimum Gasteiger partial charge on any atom is -0.271 e. The van der Waals surface area contributed by atoms with Crippen molar-refractivity contribution in [2.75, 3.05) is 0 Å². The van der Waals surface area contributed by atoms with E-state index in [1.165, 1.54) is 6.07 Å². The van der Waals surface area contributed by atoms with Crippen LogP contribution in [-0.2, 0) is 0 Å². The number of hydrogen-bond acceptors (Lipinski definition) is 2. The van der Waals surface area contributed by atoms with Crippen LogP contribution in [0.2, 0.25) is 0 Å². The van der Waals surface area contributed by atoms with Gasteiger partial charge in [-0.15, -0.1) is 0 Å². The van der Waals surface area contributed by atoms with Gasteiger partial charge in [0.2, 0.25) is 0 Å². The van der Waals surface area contributed by atoms with Crippen LogP contribution in [0.5, 0.6) is 0 Å². The quantitative estimate of drug-likeness (QED) is 0.450. The molecule has 0 aromatic heterocycles.